The van der Waals surface area contributed by atoms with Gasteiger partial charge in [-0.05, 0) is 25.7 Å². The molecule has 0 saturated carbocycles. The number of aliphatic hydroxyl groups is 1. The predicted octanol–water partition coefficient (Wildman–Crippen LogP) is 3.43. The maximum atomic E-state index is 10.1. The molecule has 0 amide bonds. The fourth-order valence-corrected chi connectivity index (χ4v) is 0.423. The zero-order valence-corrected chi connectivity index (χ0v) is 11.2. The van der Waals surface area contributed by atoms with Gasteiger partial charge in [0.2, 0.25) is 0 Å². The Hall–Kier alpha value is -0.280. The maximum Gasteiger partial charge on any atom is 0.404 e. The Labute approximate surface area is 97.8 Å². The molecule has 0 saturated heterocycles. The number of hydrogen-bond donors (Lipinski definition) is 1. The molecule has 0 unspecified atom stereocenters. The van der Waals surface area contributed by atoms with Crippen molar-refractivity contribution in [3.8, 4) is 0 Å². The number of halogens is 1. The van der Waals surface area contributed by atoms with E-state index in [2.05, 4.69) is 4.74 Å². The molecule has 4 heteroatoms. The van der Waals surface area contributed by atoms with Crippen LogP contribution < -0.4 is 0 Å². The second kappa shape index (κ2) is 8.98. The van der Waals surface area contributed by atoms with Crippen LogP contribution in [-0.4, -0.2) is 22.7 Å². The lowest BCUT2D eigenvalue weighted by atomic mass is 10.1. The van der Waals surface area contributed by atoms with Gasteiger partial charge in [-0.3, -0.25) is 0 Å². The molecule has 0 aliphatic carbocycles. The van der Waals surface area contributed by atoms with Gasteiger partial charge < -0.3 is 9.84 Å². The van der Waals surface area contributed by atoms with Crippen molar-refractivity contribution in [2.24, 2.45) is 11.8 Å². The highest BCUT2D eigenvalue weighted by atomic mass is 35.5. The quantitative estimate of drug-likeness (QED) is 0.767. The molecule has 15 heavy (non-hydrogen) atoms. The molecule has 0 spiro atoms. The van der Waals surface area contributed by atoms with Gasteiger partial charge in [0.15, 0.2) is 0 Å². The number of carbonyl (C=O) groups is 1. The highest BCUT2D eigenvalue weighted by Crippen LogP contribution is 2.06. The summed E-state index contributed by atoms with van der Waals surface area (Å²) in [5.74, 6) is 0.734. The van der Waals surface area contributed by atoms with E-state index in [4.69, 9.17) is 16.7 Å². The van der Waals surface area contributed by atoms with Crippen molar-refractivity contribution < 1.29 is 14.6 Å². The third-order valence-electron chi connectivity index (χ3n) is 2.18. The van der Waals surface area contributed by atoms with Crippen LogP contribution in [0.3, 0.4) is 0 Å². The van der Waals surface area contributed by atoms with Crippen LogP contribution in [0.25, 0.3) is 0 Å². The van der Waals surface area contributed by atoms with E-state index in [0.29, 0.717) is 11.8 Å². The van der Waals surface area contributed by atoms with E-state index in [-0.39, 0.29) is 12.2 Å². The minimum absolute atomic E-state index is 0.0880. The number of hydrogen-bond acceptors (Lipinski definition) is 3. The largest absolute Gasteiger partial charge is 0.450 e. The van der Waals surface area contributed by atoms with Crippen molar-refractivity contribution in [3.63, 3.8) is 0 Å². The Morgan fingerprint density at radius 1 is 1.07 bits per heavy atom. The topological polar surface area (TPSA) is 46.5 Å². The third-order valence-corrected chi connectivity index (χ3v) is 2.27. The summed E-state index contributed by atoms with van der Waals surface area (Å²) in [5, 5.41) is 8.63. The first-order chi connectivity index (χ1) is 6.68. The predicted molar refractivity (Wildman–Crippen MR) is 63.2 cm³/mol. The normalized spacial score (nSPS) is 14.3. The minimum Gasteiger partial charge on any atom is -0.450 e. The molecule has 0 aromatic rings. The minimum atomic E-state index is -0.726. The first kappa shape index (κ1) is 17.1. The van der Waals surface area contributed by atoms with Crippen LogP contribution in [0.2, 0.25) is 0 Å². The van der Waals surface area contributed by atoms with Gasteiger partial charge in [-0.2, -0.15) is 0 Å². The second-order valence-corrected chi connectivity index (χ2v) is 4.60. The van der Waals surface area contributed by atoms with Gasteiger partial charge in [0, 0.05) is 11.6 Å². The zero-order chi connectivity index (χ0) is 12.6. The Morgan fingerprint density at radius 3 is 1.47 bits per heavy atom. The molecule has 0 aromatic heterocycles. The van der Waals surface area contributed by atoms with Crippen LogP contribution in [-0.2, 0) is 4.74 Å². The lowest BCUT2D eigenvalue weighted by Gasteiger charge is -2.13. The number of aliphatic hydroxyl groups excluding tert-OH is 1. The molecule has 1 N–H and O–H groups in total. The molecule has 0 aromatic carbocycles. The van der Waals surface area contributed by atoms with Crippen molar-refractivity contribution in [1.82, 2.24) is 0 Å². The molecule has 0 heterocycles. The van der Waals surface area contributed by atoms with Crippen LogP contribution in [0.5, 0.6) is 0 Å². The summed E-state index contributed by atoms with van der Waals surface area (Å²) in [4.78, 5) is 10.1. The highest BCUT2D eigenvalue weighted by Gasteiger charge is 2.09. The van der Waals surface area contributed by atoms with Gasteiger partial charge >= 0.3 is 5.43 Å². The van der Waals surface area contributed by atoms with Crippen molar-refractivity contribution in [1.29, 1.82) is 0 Å². The summed E-state index contributed by atoms with van der Waals surface area (Å²) in [5.41, 5.74) is -0.726. The lowest BCUT2D eigenvalue weighted by Crippen LogP contribution is -2.16. The number of carbonyl (C=O) groups excluding carboxylic acids is 1. The monoisotopic (exact) mass is 238 g/mol. The smallest absolute Gasteiger partial charge is 0.404 e. The molecular formula is C11H23ClO3. The summed E-state index contributed by atoms with van der Waals surface area (Å²) in [6.45, 7) is 11.5. The molecule has 3 nitrogen and oxygen atoms in total. The average molecular weight is 239 g/mol. The SMILES string of the molecule is CC(C)[C@@H](C)O.CC(C)[C@@H](C)OC(=O)Cl. The van der Waals surface area contributed by atoms with Gasteiger partial charge in [0.1, 0.15) is 6.10 Å². The zero-order valence-electron chi connectivity index (χ0n) is 10.5. The summed E-state index contributed by atoms with van der Waals surface area (Å²) in [7, 11) is 0. The Bertz CT molecular complexity index is 161. The fourth-order valence-electron chi connectivity index (χ4n) is 0.282. The van der Waals surface area contributed by atoms with E-state index >= 15 is 0 Å². The van der Waals surface area contributed by atoms with Crippen LogP contribution in [0.1, 0.15) is 41.5 Å². The van der Waals surface area contributed by atoms with E-state index in [1.165, 1.54) is 0 Å². The van der Waals surface area contributed by atoms with Gasteiger partial charge in [-0.25, -0.2) is 4.79 Å². The van der Waals surface area contributed by atoms with Crippen molar-refractivity contribution in [2.45, 2.75) is 53.8 Å². The Morgan fingerprint density at radius 2 is 1.40 bits per heavy atom. The summed E-state index contributed by atoms with van der Waals surface area (Å²) in [6, 6.07) is 0. The van der Waals surface area contributed by atoms with Gasteiger partial charge in [0.25, 0.3) is 0 Å². The maximum absolute atomic E-state index is 10.1. The molecule has 0 aliphatic rings. The Balaban J connectivity index is 0. The van der Waals surface area contributed by atoms with E-state index in [9.17, 15) is 4.79 Å². The third kappa shape index (κ3) is 13.7. The molecule has 0 bridgehead atoms. The van der Waals surface area contributed by atoms with Crippen molar-refractivity contribution in [3.05, 3.63) is 0 Å². The molecule has 2 atom stereocenters. The lowest BCUT2D eigenvalue weighted by molar-refractivity contribution is 0.104. The van der Waals surface area contributed by atoms with Crippen molar-refractivity contribution >= 4 is 17.0 Å². The standard InChI is InChI=1S/C6H11ClO2.C5H12O/c1-4(2)5(3)9-6(7)8;1-4(2)5(3)6/h4-5H,1-3H3;4-6H,1-3H3/t2*5-/m11/s1. The average Bonchev–Trinajstić information content (AvgIpc) is 2.03. The van der Waals surface area contributed by atoms with Crippen LogP contribution >= 0.6 is 11.6 Å². The second-order valence-electron chi connectivity index (χ2n) is 4.29. The summed E-state index contributed by atoms with van der Waals surface area (Å²) in [6.07, 6.45) is -0.236. The van der Waals surface area contributed by atoms with E-state index in [0.717, 1.165) is 0 Å². The van der Waals surface area contributed by atoms with E-state index in [1.54, 1.807) is 6.92 Å². The molecule has 0 aliphatic heterocycles. The van der Waals surface area contributed by atoms with Crippen molar-refractivity contribution in [2.75, 3.05) is 0 Å². The molecular weight excluding hydrogens is 216 g/mol. The number of ether oxygens (including phenoxy) is 1. The first-order valence-corrected chi connectivity index (χ1v) is 5.60. The molecule has 0 radical (unpaired) electrons. The fraction of sp³-hybridized carbons (Fsp3) is 0.909. The Kier molecular flexibility index (Phi) is 10.3. The molecule has 0 fully saturated rings. The van der Waals surface area contributed by atoms with Gasteiger partial charge in [-0.15, -0.1) is 0 Å². The van der Waals surface area contributed by atoms with E-state index in [1.807, 2.05) is 34.6 Å². The molecule has 0 rings (SSSR count). The van der Waals surface area contributed by atoms with Gasteiger partial charge in [-0.1, -0.05) is 27.7 Å². The van der Waals surface area contributed by atoms with Crippen LogP contribution in [0.15, 0.2) is 0 Å². The highest BCUT2D eigenvalue weighted by molar-refractivity contribution is 6.61. The van der Waals surface area contributed by atoms with E-state index < -0.39 is 5.43 Å². The summed E-state index contributed by atoms with van der Waals surface area (Å²) < 4.78 is 4.64. The summed E-state index contributed by atoms with van der Waals surface area (Å²) >= 11 is 4.96. The van der Waals surface area contributed by atoms with Gasteiger partial charge in [0.05, 0.1) is 6.10 Å². The van der Waals surface area contributed by atoms with Crippen LogP contribution in [0.4, 0.5) is 4.79 Å². The number of rotatable bonds is 3. The molecule has 92 valence electrons. The van der Waals surface area contributed by atoms with Crippen LogP contribution in [0, 0.1) is 11.8 Å². The first-order valence-electron chi connectivity index (χ1n) is 5.22.